The van der Waals surface area contributed by atoms with E-state index < -0.39 is 0 Å². The van der Waals surface area contributed by atoms with E-state index in [0.717, 1.165) is 24.2 Å². The number of unbranched alkanes of at least 4 members (excludes halogenated alkanes) is 1. The molecule has 0 aliphatic carbocycles. The molecule has 1 fully saturated rings. The van der Waals surface area contributed by atoms with Gasteiger partial charge in [0, 0.05) is 20.0 Å². The molecule has 120 valence electrons. The summed E-state index contributed by atoms with van der Waals surface area (Å²) in [5.74, 6) is 0.420. The minimum atomic E-state index is -0.331. The molecule has 22 heavy (non-hydrogen) atoms. The fourth-order valence-electron chi connectivity index (χ4n) is 3.02. The zero-order valence-corrected chi connectivity index (χ0v) is 13.5. The molecule has 2 amide bonds. The molecule has 1 aliphatic rings. The molecule has 1 aromatic carbocycles. The van der Waals surface area contributed by atoms with Crippen molar-refractivity contribution in [1.29, 1.82) is 0 Å². The number of rotatable bonds is 6. The molecule has 1 N–H and O–H groups in total. The first-order chi connectivity index (χ1) is 10.6. The Morgan fingerprint density at radius 1 is 1.36 bits per heavy atom. The Balaban J connectivity index is 2.32. The highest BCUT2D eigenvalue weighted by Crippen LogP contribution is 2.38. The van der Waals surface area contributed by atoms with Crippen LogP contribution in [0.5, 0.6) is 5.75 Å². The highest BCUT2D eigenvalue weighted by Gasteiger charge is 2.43. The smallest absolute Gasteiger partial charge is 0.225 e. The lowest BCUT2D eigenvalue weighted by molar-refractivity contribution is -0.129. The second kappa shape index (κ2) is 7.29. The van der Waals surface area contributed by atoms with Crippen LogP contribution in [0.15, 0.2) is 24.3 Å². The summed E-state index contributed by atoms with van der Waals surface area (Å²) < 4.78 is 5.18. The maximum atomic E-state index is 12.3. The largest absolute Gasteiger partial charge is 0.497 e. The van der Waals surface area contributed by atoms with Gasteiger partial charge in [-0.1, -0.05) is 25.5 Å². The topological polar surface area (TPSA) is 58.6 Å². The van der Waals surface area contributed by atoms with Gasteiger partial charge in [0.05, 0.1) is 19.1 Å². The molecular weight excluding hydrogens is 280 g/mol. The van der Waals surface area contributed by atoms with Gasteiger partial charge in [0.25, 0.3) is 0 Å². The number of hydrogen-bond donors (Lipinski definition) is 1. The third kappa shape index (κ3) is 3.24. The van der Waals surface area contributed by atoms with Crippen LogP contribution in [0, 0.1) is 5.92 Å². The molecule has 1 saturated heterocycles. The van der Waals surface area contributed by atoms with Crippen LogP contribution >= 0.6 is 0 Å². The Hall–Kier alpha value is -2.04. The van der Waals surface area contributed by atoms with E-state index in [4.69, 9.17) is 4.74 Å². The number of carbonyl (C=O) groups is 2. The molecule has 0 saturated carbocycles. The number of benzene rings is 1. The van der Waals surface area contributed by atoms with E-state index in [0.29, 0.717) is 6.54 Å². The molecular formula is C17H24N2O3. The number of ether oxygens (including phenoxy) is 1. The van der Waals surface area contributed by atoms with Crippen LogP contribution in [0.3, 0.4) is 0 Å². The SMILES string of the molecule is CCCCN1C(=O)C[C@H](C(=O)NC)[C@@H]1c1ccc(OC)cc1. The average Bonchev–Trinajstić information content (AvgIpc) is 2.88. The van der Waals surface area contributed by atoms with Crippen molar-refractivity contribution in [1.82, 2.24) is 10.2 Å². The van der Waals surface area contributed by atoms with Crippen LogP contribution in [-0.2, 0) is 9.59 Å². The summed E-state index contributed by atoms with van der Waals surface area (Å²) in [7, 11) is 3.24. The lowest BCUT2D eigenvalue weighted by Crippen LogP contribution is -2.34. The van der Waals surface area contributed by atoms with E-state index in [9.17, 15) is 9.59 Å². The van der Waals surface area contributed by atoms with Gasteiger partial charge in [-0.3, -0.25) is 9.59 Å². The minimum absolute atomic E-state index is 0.0582. The van der Waals surface area contributed by atoms with Crippen molar-refractivity contribution < 1.29 is 14.3 Å². The second-order valence-electron chi connectivity index (χ2n) is 5.58. The fourth-order valence-corrected chi connectivity index (χ4v) is 3.02. The van der Waals surface area contributed by atoms with Crippen molar-refractivity contribution in [2.75, 3.05) is 20.7 Å². The van der Waals surface area contributed by atoms with E-state index in [1.807, 2.05) is 29.2 Å². The van der Waals surface area contributed by atoms with Crippen LogP contribution in [0.1, 0.15) is 37.8 Å². The molecule has 1 aromatic rings. The van der Waals surface area contributed by atoms with Gasteiger partial charge in [-0.2, -0.15) is 0 Å². The number of nitrogens with zero attached hydrogens (tertiary/aromatic N) is 1. The number of likely N-dealkylation sites (tertiary alicyclic amines) is 1. The van der Waals surface area contributed by atoms with Crippen LogP contribution in [0.25, 0.3) is 0 Å². The first kappa shape index (κ1) is 16.3. The van der Waals surface area contributed by atoms with Crippen LogP contribution in [-0.4, -0.2) is 37.4 Å². The Morgan fingerprint density at radius 3 is 2.59 bits per heavy atom. The van der Waals surface area contributed by atoms with Gasteiger partial charge in [0.2, 0.25) is 11.8 Å². The molecule has 5 nitrogen and oxygen atoms in total. The van der Waals surface area contributed by atoms with E-state index in [2.05, 4.69) is 12.2 Å². The van der Waals surface area contributed by atoms with Crippen molar-refractivity contribution in [2.45, 2.75) is 32.2 Å². The summed E-state index contributed by atoms with van der Waals surface area (Å²) in [5, 5.41) is 2.68. The summed E-state index contributed by atoms with van der Waals surface area (Å²) >= 11 is 0. The van der Waals surface area contributed by atoms with Crippen LogP contribution < -0.4 is 10.1 Å². The third-order valence-electron chi connectivity index (χ3n) is 4.22. The van der Waals surface area contributed by atoms with Gasteiger partial charge in [-0.05, 0) is 24.1 Å². The summed E-state index contributed by atoms with van der Waals surface area (Å²) in [6, 6.07) is 7.44. The third-order valence-corrected chi connectivity index (χ3v) is 4.22. The Kier molecular flexibility index (Phi) is 5.41. The Bertz CT molecular complexity index is 527. The van der Waals surface area contributed by atoms with Gasteiger partial charge >= 0.3 is 0 Å². The number of carbonyl (C=O) groups excluding carboxylic acids is 2. The lowest BCUT2D eigenvalue weighted by Gasteiger charge is -2.28. The molecule has 0 spiro atoms. The van der Waals surface area contributed by atoms with Gasteiger partial charge in [-0.25, -0.2) is 0 Å². The highest BCUT2D eigenvalue weighted by atomic mass is 16.5. The summed E-state index contributed by atoms with van der Waals surface area (Å²) in [6.07, 6.45) is 2.24. The van der Waals surface area contributed by atoms with Crippen molar-refractivity contribution in [2.24, 2.45) is 5.92 Å². The van der Waals surface area contributed by atoms with E-state index in [1.165, 1.54) is 0 Å². The highest BCUT2D eigenvalue weighted by molar-refractivity contribution is 5.90. The quantitative estimate of drug-likeness (QED) is 0.876. The molecule has 0 radical (unpaired) electrons. The predicted molar refractivity (Wildman–Crippen MR) is 84.5 cm³/mol. The lowest BCUT2D eigenvalue weighted by atomic mass is 9.92. The van der Waals surface area contributed by atoms with Gasteiger partial charge < -0.3 is 15.0 Å². The number of hydrogen-bond acceptors (Lipinski definition) is 3. The van der Waals surface area contributed by atoms with Crippen molar-refractivity contribution >= 4 is 11.8 Å². The van der Waals surface area contributed by atoms with Gasteiger partial charge in [0.15, 0.2) is 0 Å². The normalized spacial score (nSPS) is 21.0. The Morgan fingerprint density at radius 2 is 2.05 bits per heavy atom. The fraction of sp³-hybridized carbons (Fsp3) is 0.529. The maximum Gasteiger partial charge on any atom is 0.225 e. The van der Waals surface area contributed by atoms with Gasteiger partial charge in [-0.15, -0.1) is 0 Å². The molecule has 1 heterocycles. The zero-order valence-electron chi connectivity index (χ0n) is 13.5. The maximum absolute atomic E-state index is 12.3. The first-order valence-electron chi connectivity index (χ1n) is 7.77. The van der Waals surface area contributed by atoms with Gasteiger partial charge in [0.1, 0.15) is 5.75 Å². The summed E-state index contributed by atoms with van der Waals surface area (Å²) in [5.41, 5.74) is 0.983. The van der Waals surface area contributed by atoms with E-state index in [1.54, 1.807) is 14.2 Å². The van der Waals surface area contributed by atoms with E-state index in [-0.39, 0.29) is 30.2 Å². The molecule has 1 aliphatic heterocycles. The molecule has 0 bridgehead atoms. The monoisotopic (exact) mass is 304 g/mol. The molecule has 2 rings (SSSR count). The molecule has 0 aromatic heterocycles. The van der Waals surface area contributed by atoms with Crippen LogP contribution in [0.4, 0.5) is 0 Å². The van der Waals surface area contributed by atoms with Crippen molar-refractivity contribution in [3.05, 3.63) is 29.8 Å². The van der Waals surface area contributed by atoms with Crippen molar-refractivity contribution in [3.8, 4) is 5.75 Å². The zero-order chi connectivity index (χ0) is 16.1. The molecule has 0 unspecified atom stereocenters. The summed E-state index contributed by atoms with van der Waals surface area (Å²) in [4.78, 5) is 26.4. The number of methoxy groups -OCH3 is 1. The standard InChI is InChI=1S/C17H24N2O3/c1-4-5-10-19-15(20)11-14(17(21)18-2)16(19)12-6-8-13(22-3)9-7-12/h6-9,14,16H,4-5,10-11H2,1-3H3,(H,18,21)/t14-,16-/m0/s1. The molecule has 5 heteroatoms. The minimum Gasteiger partial charge on any atom is -0.497 e. The predicted octanol–water partition coefficient (Wildman–Crippen LogP) is 2.13. The van der Waals surface area contributed by atoms with E-state index >= 15 is 0 Å². The Labute approximate surface area is 131 Å². The van der Waals surface area contributed by atoms with Crippen molar-refractivity contribution in [3.63, 3.8) is 0 Å². The van der Waals surface area contributed by atoms with Crippen LogP contribution in [0.2, 0.25) is 0 Å². The first-order valence-corrected chi connectivity index (χ1v) is 7.77. The second-order valence-corrected chi connectivity index (χ2v) is 5.58. The number of amides is 2. The number of nitrogens with one attached hydrogen (secondary N) is 1. The summed E-state index contributed by atoms with van der Waals surface area (Å²) in [6.45, 7) is 2.79. The average molecular weight is 304 g/mol. The molecule has 2 atom stereocenters.